The van der Waals surface area contributed by atoms with E-state index in [4.69, 9.17) is 10.5 Å². The molecule has 0 saturated heterocycles. The summed E-state index contributed by atoms with van der Waals surface area (Å²) in [5, 5.41) is 0. The second kappa shape index (κ2) is 3.24. The van der Waals surface area contributed by atoms with E-state index in [0.29, 0.717) is 11.9 Å². The van der Waals surface area contributed by atoms with Crippen molar-refractivity contribution in [2.24, 2.45) is 0 Å². The first-order valence-corrected chi connectivity index (χ1v) is 4.70. The lowest BCUT2D eigenvalue weighted by molar-refractivity contribution is 0.300. The van der Waals surface area contributed by atoms with Crippen LogP contribution in [0.2, 0.25) is 0 Å². The highest BCUT2D eigenvalue weighted by atomic mass is 16.5. The fourth-order valence-electron chi connectivity index (χ4n) is 1.22. The highest BCUT2D eigenvalue weighted by Gasteiger charge is 2.24. The predicted molar refractivity (Wildman–Crippen MR) is 51.7 cm³/mol. The van der Waals surface area contributed by atoms with E-state index in [-0.39, 0.29) is 0 Å². The van der Waals surface area contributed by atoms with Crippen LogP contribution in [0.3, 0.4) is 0 Å². The fourth-order valence-corrected chi connectivity index (χ4v) is 1.22. The molecule has 70 valence electrons. The van der Waals surface area contributed by atoms with Gasteiger partial charge in [0.2, 0.25) is 0 Å². The van der Waals surface area contributed by atoms with Crippen molar-refractivity contribution in [1.82, 2.24) is 4.98 Å². The van der Waals surface area contributed by atoms with Crippen LogP contribution in [0.1, 0.15) is 25.3 Å². The molecule has 3 nitrogen and oxygen atoms in total. The number of hydrogen-bond donors (Lipinski definition) is 1. The van der Waals surface area contributed by atoms with Crippen molar-refractivity contribution in [1.29, 1.82) is 0 Å². The van der Waals surface area contributed by atoms with E-state index in [2.05, 4.69) is 11.9 Å². The minimum absolute atomic E-state index is 0.423. The number of ether oxygens (including phenoxy) is 1. The second-order valence-corrected chi connectivity index (χ2v) is 3.39. The van der Waals surface area contributed by atoms with Crippen molar-refractivity contribution in [3.63, 3.8) is 0 Å². The quantitative estimate of drug-likeness (QED) is 0.767. The maximum atomic E-state index is 5.71. The van der Waals surface area contributed by atoms with Gasteiger partial charge in [-0.05, 0) is 19.3 Å². The largest absolute Gasteiger partial charge is 0.490 e. The zero-order valence-corrected chi connectivity index (χ0v) is 7.79. The van der Waals surface area contributed by atoms with E-state index < -0.39 is 0 Å². The van der Waals surface area contributed by atoms with Crippen LogP contribution in [0.5, 0.6) is 5.75 Å². The Hall–Kier alpha value is -1.25. The topological polar surface area (TPSA) is 48.1 Å². The van der Waals surface area contributed by atoms with Crippen molar-refractivity contribution in [3.8, 4) is 5.75 Å². The Bertz CT molecular complexity index is 308. The van der Waals surface area contributed by atoms with Gasteiger partial charge >= 0.3 is 0 Å². The molecular formula is C10H14N2O. The monoisotopic (exact) mass is 178 g/mol. The lowest BCUT2D eigenvalue weighted by Gasteiger charge is -2.09. The number of hydrogen-bond acceptors (Lipinski definition) is 3. The summed E-state index contributed by atoms with van der Waals surface area (Å²) < 4.78 is 5.71. The predicted octanol–water partition coefficient (Wildman–Crippen LogP) is 1.77. The van der Waals surface area contributed by atoms with E-state index in [1.54, 1.807) is 6.20 Å². The van der Waals surface area contributed by atoms with Crippen LogP contribution in [-0.4, -0.2) is 11.1 Å². The van der Waals surface area contributed by atoms with Gasteiger partial charge in [-0.1, -0.05) is 6.92 Å². The number of pyridine rings is 1. The first kappa shape index (κ1) is 8.35. The molecule has 0 atom stereocenters. The standard InChI is InChI=1S/C10H14N2O/c1-2-7-6-12-10(11)5-9(7)13-8-3-4-8/h5-6,8H,2-4H2,1H3,(H2,11,12). The van der Waals surface area contributed by atoms with Gasteiger partial charge in [-0.2, -0.15) is 0 Å². The summed E-state index contributed by atoms with van der Waals surface area (Å²) in [6, 6.07) is 1.82. The molecule has 1 aromatic rings. The number of aryl methyl sites for hydroxylation is 1. The third-order valence-electron chi connectivity index (χ3n) is 2.16. The van der Waals surface area contributed by atoms with Crippen LogP contribution in [-0.2, 0) is 6.42 Å². The molecule has 1 saturated carbocycles. The minimum Gasteiger partial charge on any atom is -0.490 e. The molecule has 0 radical (unpaired) electrons. The second-order valence-electron chi connectivity index (χ2n) is 3.39. The van der Waals surface area contributed by atoms with Gasteiger partial charge in [-0.15, -0.1) is 0 Å². The summed E-state index contributed by atoms with van der Waals surface area (Å²) in [6.45, 7) is 2.09. The molecule has 0 aliphatic heterocycles. The summed E-state index contributed by atoms with van der Waals surface area (Å²) in [5.41, 5.74) is 6.73. The van der Waals surface area contributed by atoms with Gasteiger partial charge in [0.1, 0.15) is 11.6 Å². The molecule has 0 spiro atoms. The molecule has 13 heavy (non-hydrogen) atoms. The van der Waals surface area contributed by atoms with Crippen molar-refractivity contribution >= 4 is 5.82 Å². The zero-order chi connectivity index (χ0) is 9.26. The van der Waals surface area contributed by atoms with Crippen LogP contribution in [0, 0.1) is 0 Å². The summed E-state index contributed by atoms with van der Waals surface area (Å²) in [6.07, 6.45) is 5.51. The van der Waals surface area contributed by atoms with Crippen molar-refractivity contribution < 1.29 is 4.74 Å². The van der Waals surface area contributed by atoms with Crippen LogP contribution < -0.4 is 10.5 Å². The van der Waals surface area contributed by atoms with E-state index in [1.165, 1.54) is 12.8 Å². The van der Waals surface area contributed by atoms with Crippen LogP contribution in [0.25, 0.3) is 0 Å². The highest BCUT2D eigenvalue weighted by molar-refractivity contribution is 5.42. The van der Waals surface area contributed by atoms with E-state index in [0.717, 1.165) is 17.7 Å². The Morgan fingerprint density at radius 2 is 2.38 bits per heavy atom. The van der Waals surface area contributed by atoms with Crippen LogP contribution in [0.4, 0.5) is 5.82 Å². The molecule has 0 bridgehead atoms. The summed E-state index contributed by atoms with van der Waals surface area (Å²) in [4.78, 5) is 4.04. The Balaban J connectivity index is 2.22. The summed E-state index contributed by atoms with van der Waals surface area (Å²) >= 11 is 0. The molecule has 2 N–H and O–H groups in total. The molecule has 0 unspecified atom stereocenters. The fraction of sp³-hybridized carbons (Fsp3) is 0.500. The summed E-state index contributed by atoms with van der Waals surface area (Å²) in [5.74, 6) is 1.45. The lowest BCUT2D eigenvalue weighted by atomic mass is 10.2. The van der Waals surface area contributed by atoms with Crippen molar-refractivity contribution in [2.75, 3.05) is 5.73 Å². The van der Waals surface area contributed by atoms with Gasteiger partial charge in [0.25, 0.3) is 0 Å². The molecule has 1 aliphatic carbocycles. The SMILES string of the molecule is CCc1cnc(N)cc1OC1CC1. The maximum Gasteiger partial charge on any atom is 0.128 e. The van der Waals surface area contributed by atoms with Gasteiger partial charge in [0.15, 0.2) is 0 Å². The van der Waals surface area contributed by atoms with Crippen LogP contribution >= 0.6 is 0 Å². The van der Waals surface area contributed by atoms with Gasteiger partial charge in [0, 0.05) is 17.8 Å². The molecule has 2 rings (SSSR count). The molecule has 1 heterocycles. The number of rotatable bonds is 3. The van der Waals surface area contributed by atoms with Gasteiger partial charge in [-0.25, -0.2) is 4.98 Å². The van der Waals surface area contributed by atoms with Crippen LogP contribution in [0.15, 0.2) is 12.3 Å². The minimum atomic E-state index is 0.423. The zero-order valence-electron chi connectivity index (χ0n) is 7.79. The molecule has 0 aromatic carbocycles. The molecular weight excluding hydrogens is 164 g/mol. The molecule has 0 amide bonds. The van der Waals surface area contributed by atoms with Gasteiger partial charge < -0.3 is 10.5 Å². The Kier molecular flexibility index (Phi) is 2.08. The first-order valence-electron chi connectivity index (χ1n) is 4.70. The van der Waals surface area contributed by atoms with E-state index >= 15 is 0 Å². The number of anilines is 1. The molecule has 3 heteroatoms. The highest BCUT2D eigenvalue weighted by Crippen LogP contribution is 2.29. The summed E-state index contributed by atoms with van der Waals surface area (Å²) in [7, 11) is 0. The number of nitrogens with two attached hydrogens (primary N) is 1. The Morgan fingerprint density at radius 3 is 3.00 bits per heavy atom. The third-order valence-corrected chi connectivity index (χ3v) is 2.16. The van der Waals surface area contributed by atoms with Gasteiger partial charge in [0.05, 0.1) is 6.10 Å². The lowest BCUT2D eigenvalue weighted by Crippen LogP contribution is -2.01. The van der Waals surface area contributed by atoms with Gasteiger partial charge in [-0.3, -0.25) is 0 Å². The average molecular weight is 178 g/mol. The number of nitrogen functional groups attached to an aromatic ring is 1. The Labute approximate surface area is 77.9 Å². The van der Waals surface area contributed by atoms with E-state index in [9.17, 15) is 0 Å². The smallest absolute Gasteiger partial charge is 0.128 e. The van der Waals surface area contributed by atoms with Crippen molar-refractivity contribution in [3.05, 3.63) is 17.8 Å². The molecule has 1 aromatic heterocycles. The maximum absolute atomic E-state index is 5.71. The number of nitrogens with zero attached hydrogens (tertiary/aromatic N) is 1. The normalized spacial score (nSPS) is 15.8. The first-order chi connectivity index (χ1) is 6.29. The average Bonchev–Trinajstić information content (AvgIpc) is 2.89. The van der Waals surface area contributed by atoms with Crippen molar-refractivity contribution in [2.45, 2.75) is 32.3 Å². The molecule has 1 aliphatic rings. The number of aromatic nitrogens is 1. The Morgan fingerprint density at radius 1 is 1.62 bits per heavy atom. The third kappa shape index (κ3) is 1.91. The molecule has 1 fully saturated rings. The van der Waals surface area contributed by atoms with E-state index in [1.807, 2.05) is 6.07 Å².